The van der Waals surface area contributed by atoms with Crippen molar-refractivity contribution in [2.24, 2.45) is 29.4 Å². The van der Waals surface area contributed by atoms with Gasteiger partial charge in [-0.3, -0.25) is 9.59 Å². The predicted octanol–water partition coefficient (Wildman–Crippen LogP) is -0.245. The molecule has 2 aliphatic carbocycles. The third-order valence-corrected chi connectivity index (χ3v) is 3.67. The number of hydrogen-bond donors (Lipinski definition) is 3. The Morgan fingerprint density at radius 2 is 2.00 bits per heavy atom. The third kappa shape index (κ3) is 0.930. The second-order valence-corrected chi connectivity index (χ2v) is 4.49. The van der Waals surface area contributed by atoms with Crippen LogP contribution in [0.15, 0.2) is 0 Å². The lowest BCUT2D eigenvalue weighted by molar-refractivity contribution is -0.145. The number of carboxylic acid groups (broad SMARTS) is 2. The van der Waals surface area contributed by atoms with E-state index in [1.807, 2.05) is 6.92 Å². The Bertz CT molecular complexity index is 316. The lowest BCUT2D eigenvalue weighted by Crippen LogP contribution is -2.50. The summed E-state index contributed by atoms with van der Waals surface area (Å²) in [5, 5.41) is 17.8. The van der Waals surface area contributed by atoms with E-state index >= 15 is 0 Å². The van der Waals surface area contributed by atoms with Crippen molar-refractivity contribution in [3.8, 4) is 0 Å². The number of rotatable bonds is 2. The lowest BCUT2D eigenvalue weighted by atomic mass is 9.88. The minimum Gasteiger partial charge on any atom is -0.481 e. The first-order chi connectivity index (χ1) is 6.39. The summed E-state index contributed by atoms with van der Waals surface area (Å²) in [6.07, 6.45) is 0.390. The van der Waals surface area contributed by atoms with E-state index in [9.17, 15) is 9.59 Å². The molecule has 0 aliphatic heterocycles. The molecule has 2 rings (SSSR count). The van der Waals surface area contributed by atoms with E-state index in [0.29, 0.717) is 6.42 Å². The molecule has 0 aromatic rings. The highest BCUT2D eigenvalue weighted by Gasteiger charge is 2.72. The van der Waals surface area contributed by atoms with Gasteiger partial charge in [0, 0.05) is 5.92 Å². The second-order valence-electron chi connectivity index (χ2n) is 4.49. The first-order valence-corrected chi connectivity index (χ1v) is 4.64. The highest BCUT2D eigenvalue weighted by molar-refractivity contribution is 5.85. The maximum Gasteiger partial charge on any atom is 0.324 e. The molecule has 2 saturated carbocycles. The third-order valence-electron chi connectivity index (χ3n) is 3.67. The average molecular weight is 199 g/mol. The molecule has 0 bridgehead atoms. The van der Waals surface area contributed by atoms with Crippen molar-refractivity contribution in [3.63, 3.8) is 0 Å². The molecule has 5 heteroatoms. The Morgan fingerprint density at radius 3 is 2.36 bits per heavy atom. The van der Waals surface area contributed by atoms with Gasteiger partial charge in [-0.2, -0.15) is 0 Å². The molecule has 5 atom stereocenters. The zero-order valence-corrected chi connectivity index (χ0v) is 7.80. The summed E-state index contributed by atoms with van der Waals surface area (Å²) >= 11 is 0. The molecule has 2 fully saturated rings. The molecule has 14 heavy (non-hydrogen) atoms. The van der Waals surface area contributed by atoms with E-state index < -0.39 is 23.4 Å². The van der Waals surface area contributed by atoms with Gasteiger partial charge in [0.05, 0.1) is 5.92 Å². The first-order valence-electron chi connectivity index (χ1n) is 4.64. The predicted molar refractivity (Wildman–Crippen MR) is 46.4 cm³/mol. The van der Waals surface area contributed by atoms with Gasteiger partial charge in [0.2, 0.25) is 0 Å². The largest absolute Gasteiger partial charge is 0.481 e. The smallest absolute Gasteiger partial charge is 0.324 e. The van der Waals surface area contributed by atoms with Crippen molar-refractivity contribution in [2.45, 2.75) is 18.9 Å². The minimum atomic E-state index is -1.31. The van der Waals surface area contributed by atoms with E-state index in [1.165, 1.54) is 0 Å². The van der Waals surface area contributed by atoms with Gasteiger partial charge in [-0.05, 0) is 18.3 Å². The highest BCUT2D eigenvalue weighted by atomic mass is 16.4. The van der Waals surface area contributed by atoms with Crippen LogP contribution in [0, 0.1) is 23.7 Å². The minimum absolute atomic E-state index is 0.0337. The fraction of sp³-hybridized carbons (Fsp3) is 0.778. The molecule has 0 saturated heterocycles. The number of carboxylic acids is 2. The van der Waals surface area contributed by atoms with Gasteiger partial charge in [-0.25, -0.2) is 0 Å². The van der Waals surface area contributed by atoms with Gasteiger partial charge < -0.3 is 15.9 Å². The lowest BCUT2D eigenvalue weighted by Gasteiger charge is -2.22. The van der Waals surface area contributed by atoms with Crippen LogP contribution in [0.5, 0.6) is 0 Å². The van der Waals surface area contributed by atoms with Gasteiger partial charge in [-0.15, -0.1) is 0 Å². The molecule has 0 heterocycles. The summed E-state index contributed by atoms with van der Waals surface area (Å²) < 4.78 is 0. The van der Waals surface area contributed by atoms with Crippen LogP contribution in [0.4, 0.5) is 0 Å². The number of carbonyl (C=O) groups is 2. The Labute approximate surface area is 80.9 Å². The molecule has 2 unspecified atom stereocenters. The first kappa shape index (κ1) is 9.45. The van der Waals surface area contributed by atoms with Crippen LogP contribution < -0.4 is 5.73 Å². The number of hydrogen-bond acceptors (Lipinski definition) is 3. The zero-order chi connectivity index (χ0) is 10.7. The van der Waals surface area contributed by atoms with Crippen LogP contribution in [-0.4, -0.2) is 27.7 Å². The molecule has 0 aromatic carbocycles. The number of fused-ring (bicyclic) bond motifs is 1. The molecule has 0 radical (unpaired) electrons. The van der Waals surface area contributed by atoms with Crippen LogP contribution in [0.3, 0.4) is 0 Å². The summed E-state index contributed by atoms with van der Waals surface area (Å²) in [4.78, 5) is 21.7. The van der Waals surface area contributed by atoms with Crippen LogP contribution in [0.1, 0.15) is 13.3 Å². The van der Waals surface area contributed by atoms with Crippen molar-refractivity contribution < 1.29 is 19.8 Å². The number of aliphatic carboxylic acids is 2. The van der Waals surface area contributed by atoms with E-state index in [2.05, 4.69) is 0 Å². The molecular formula is C9H13NO4. The maximum atomic E-state index is 11.0. The van der Waals surface area contributed by atoms with E-state index in [0.717, 1.165) is 0 Å². The molecule has 2 aliphatic rings. The fourth-order valence-electron chi connectivity index (χ4n) is 3.06. The molecule has 0 amide bonds. The molecule has 0 aromatic heterocycles. The summed E-state index contributed by atoms with van der Waals surface area (Å²) in [6.45, 7) is 1.87. The Hall–Kier alpha value is -1.10. The molecular weight excluding hydrogens is 186 g/mol. The van der Waals surface area contributed by atoms with Crippen molar-refractivity contribution in [1.82, 2.24) is 0 Å². The molecule has 4 N–H and O–H groups in total. The quantitative estimate of drug-likeness (QED) is 0.569. The topological polar surface area (TPSA) is 101 Å². The van der Waals surface area contributed by atoms with Gasteiger partial charge in [0.1, 0.15) is 5.54 Å². The summed E-state index contributed by atoms with van der Waals surface area (Å²) in [5.74, 6) is -2.83. The van der Waals surface area contributed by atoms with Gasteiger partial charge in [-0.1, -0.05) is 6.92 Å². The van der Waals surface area contributed by atoms with Crippen LogP contribution >= 0.6 is 0 Å². The van der Waals surface area contributed by atoms with E-state index in [1.54, 1.807) is 0 Å². The van der Waals surface area contributed by atoms with Crippen LogP contribution in [0.25, 0.3) is 0 Å². The second kappa shape index (κ2) is 2.48. The monoisotopic (exact) mass is 199 g/mol. The van der Waals surface area contributed by atoms with Crippen molar-refractivity contribution in [1.29, 1.82) is 0 Å². The molecule has 5 nitrogen and oxygen atoms in total. The Balaban J connectivity index is 2.26. The molecule has 0 spiro atoms. The van der Waals surface area contributed by atoms with Crippen molar-refractivity contribution in [3.05, 3.63) is 0 Å². The summed E-state index contributed by atoms with van der Waals surface area (Å²) in [6, 6.07) is 0. The standard InChI is InChI=1S/C9H13NO4/c1-3-2-9(10,8(13)14)6-4(3)5(6)7(11)12/h3-6H,2,10H2,1H3,(H,11,12)(H,13,14)/t3-,4?,5+,6?,9+/m1/s1. The zero-order valence-electron chi connectivity index (χ0n) is 7.80. The van der Waals surface area contributed by atoms with Crippen molar-refractivity contribution >= 4 is 11.9 Å². The van der Waals surface area contributed by atoms with Crippen LogP contribution in [-0.2, 0) is 9.59 Å². The SMILES string of the molecule is C[C@@H]1C[C@@](N)(C(=O)O)C2C1[C@@H]2C(=O)O. The van der Waals surface area contributed by atoms with Crippen molar-refractivity contribution in [2.75, 3.05) is 0 Å². The Morgan fingerprint density at radius 1 is 1.43 bits per heavy atom. The van der Waals surface area contributed by atoms with E-state index in [-0.39, 0.29) is 17.8 Å². The van der Waals surface area contributed by atoms with Crippen LogP contribution in [0.2, 0.25) is 0 Å². The summed E-state index contributed by atoms with van der Waals surface area (Å²) in [7, 11) is 0. The Kier molecular flexibility index (Phi) is 1.67. The van der Waals surface area contributed by atoms with Gasteiger partial charge in [0.15, 0.2) is 0 Å². The molecule has 78 valence electrons. The maximum absolute atomic E-state index is 11.0. The fourth-order valence-corrected chi connectivity index (χ4v) is 3.06. The highest BCUT2D eigenvalue weighted by Crippen LogP contribution is 2.64. The average Bonchev–Trinajstić information content (AvgIpc) is 2.72. The van der Waals surface area contributed by atoms with Gasteiger partial charge in [0.25, 0.3) is 0 Å². The van der Waals surface area contributed by atoms with Gasteiger partial charge >= 0.3 is 11.9 Å². The normalized spacial score (nSPS) is 49.9. The number of nitrogens with two attached hydrogens (primary N) is 1. The van der Waals surface area contributed by atoms with E-state index in [4.69, 9.17) is 15.9 Å². The summed E-state index contributed by atoms with van der Waals surface area (Å²) in [5.41, 5.74) is 4.43.